The number of likely N-dealkylation sites (tertiary alicyclic amines) is 1. The Hall–Kier alpha value is -6.46. The number of carbonyl (C=O) groups excluding carboxylic acids is 6. The zero-order valence-corrected chi connectivity index (χ0v) is 54.8. The zero-order valence-electron chi connectivity index (χ0n) is 53.0. The van der Waals surface area contributed by atoms with Crippen LogP contribution in [0.15, 0.2) is 46.1 Å². The van der Waals surface area contributed by atoms with Crippen LogP contribution in [-0.2, 0) is 61.5 Å². The third kappa shape index (κ3) is 17.9. The van der Waals surface area contributed by atoms with Crippen LogP contribution in [0.1, 0.15) is 124 Å². The lowest BCUT2D eigenvalue weighted by molar-refractivity contribution is -0.166. The molecule has 2 aromatic carbocycles. The maximum Gasteiger partial charge on any atom is 0.409 e. The lowest BCUT2D eigenvalue weighted by atomic mass is 9.78. The molecule has 5 aliphatic rings. The number of benzene rings is 2. The first-order valence-corrected chi connectivity index (χ1v) is 32.1. The smallest absolute Gasteiger partial charge is 0.409 e. The topological polar surface area (TPSA) is 326 Å². The second kappa shape index (κ2) is 32.5. The van der Waals surface area contributed by atoms with Gasteiger partial charge in [0.05, 0.1) is 48.3 Å². The Bertz CT molecular complexity index is 3140. The number of fused-ring (bicyclic) bond motifs is 13. The number of unbranched alkanes of at least 4 members (excludes halogenated alkanes) is 1. The fraction of sp³-hybridized carbons (Fsp3) is 0.645. The van der Waals surface area contributed by atoms with Crippen LogP contribution in [0.25, 0.3) is 10.8 Å². The molecular formula is C62H88N6O19P2. The van der Waals surface area contributed by atoms with Gasteiger partial charge in [-0.1, -0.05) is 73.1 Å². The number of nitrogens with one attached hydrogen (secondary N) is 2. The number of aliphatic hydroxyl groups is 1. The fourth-order valence-electron chi connectivity index (χ4n) is 11.7. The minimum Gasteiger partial charge on any atom is -0.507 e. The van der Waals surface area contributed by atoms with Crippen LogP contribution in [0, 0.1) is 36.5 Å². The molecule has 27 heteroatoms. The first-order chi connectivity index (χ1) is 42.2. The molecule has 0 aromatic heterocycles. The van der Waals surface area contributed by atoms with Crippen LogP contribution in [0.2, 0.25) is 0 Å². The van der Waals surface area contributed by atoms with Gasteiger partial charge in [-0.25, -0.2) is 9.79 Å². The predicted molar refractivity (Wildman–Crippen MR) is 327 cm³/mol. The van der Waals surface area contributed by atoms with Gasteiger partial charge in [-0.05, 0) is 51.6 Å². The molecule has 0 radical (unpaired) electrons. The molecule has 5 bridgehead atoms. The van der Waals surface area contributed by atoms with Crippen LogP contribution in [-0.4, -0.2) is 175 Å². The number of aromatic hydroxyl groups is 2. The molecule has 25 nitrogen and oxygen atoms in total. The second-order valence-electron chi connectivity index (χ2n) is 23.9. The summed E-state index contributed by atoms with van der Waals surface area (Å²) >= 11 is 0. The highest BCUT2D eigenvalue weighted by Gasteiger charge is 2.51. The molecule has 1 spiro atoms. The summed E-state index contributed by atoms with van der Waals surface area (Å²) in [5.41, 5.74) is -0.480. The number of rotatable bonds is 23. The SMILES string of the molecule is CCCOCOC(=O)NCC(=O)OCCN(CCCCC(P=O)P=O)CC(=O)OC1C(C)C=C/C=C(/C)C(=O)N=c2c(O)c3c(O)c(C)c4c(c3c3c2=NC2(CCN(CC(C)C)CC2)N3)C(=O)C(C)(OC=CC(OC)C(C)C(OC(C)=O)C(C)C(O)C1C)O4. The van der Waals surface area contributed by atoms with Crippen molar-refractivity contribution in [1.29, 1.82) is 0 Å². The molecule has 9 atom stereocenters. The number of ketones is 1. The highest BCUT2D eigenvalue weighted by Crippen LogP contribution is 2.51. The van der Waals surface area contributed by atoms with Crippen LogP contribution in [0.4, 0.5) is 10.5 Å². The Morgan fingerprint density at radius 3 is 2.26 bits per heavy atom. The van der Waals surface area contributed by atoms with Gasteiger partial charge in [-0.15, -0.1) is 0 Å². The van der Waals surface area contributed by atoms with E-state index in [0.29, 0.717) is 64.1 Å². The summed E-state index contributed by atoms with van der Waals surface area (Å²) in [6.07, 6.45) is 5.19. The number of phenolic OH excluding ortho intramolecular Hbond substituents is 2. The third-order valence-corrected chi connectivity index (χ3v) is 18.2. The Morgan fingerprint density at radius 1 is 0.910 bits per heavy atom. The summed E-state index contributed by atoms with van der Waals surface area (Å²) in [6, 6.07) is 0. The highest BCUT2D eigenvalue weighted by molar-refractivity contribution is 7.44. The molecule has 9 unspecified atom stereocenters. The minimum atomic E-state index is -2.05. The maximum absolute atomic E-state index is 15.0. The van der Waals surface area contributed by atoms with Gasteiger partial charge < -0.3 is 68.7 Å². The summed E-state index contributed by atoms with van der Waals surface area (Å²) in [4.78, 5) is 95.0. The van der Waals surface area contributed by atoms with E-state index in [4.69, 9.17) is 42.9 Å². The van der Waals surface area contributed by atoms with Gasteiger partial charge in [0.1, 0.15) is 58.6 Å². The van der Waals surface area contributed by atoms with E-state index in [1.54, 1.807) is 44.7 Å². The normalized spacial score (nSPS) is 25.6. The van der Waals surface area contributed by atoms with Gasteiger partial charge in [0.25, 0.3) is 11.7 Å². The van der Waals surface area contributed by atoms with Crippen LogP contribution >= 0.6 is 16.9 Å². The van der Waals surface area contributed by atoms with E-state index < -0.39 is 119 Å². The van der Waals surface area contributed by atoms with E-state index in [9.17, 15) is 48.4 Å². The van der Waals surface area contributed by atoms with E-state index in [2.05, 4.69) is 34.4 Å². The molecule has 490 valence electrons. The number of alkyl carbamates (subject to hydrolysis) is 1. The van der Waals surface area contributed by atoms with Gasteiger partial charge in [0.2, 0.25) is 0 Å². The van der Waals surface area contributed by atoms with Gasteiger partial charge in [0.15, 0.2) is 29.5 Å². The Kier molecular flexibility index (Phi) is 26.2. The van der Waals surface area contributed by atoms with Gasteiger partial charge in [-0.2, -0.15) is 0 Å². The molecule has 1 saturated heterocycles. The first kappa shape index (κ1) is 71.6. The molecule has 0 aliphatic carbocycles. The maximum atomic E-state index is 15.0. The number of hydrogen-bond donors (Lipinski definition) is 5. The predicted octanol–water partition coefficient (Wildman–Crippen LogP) is 7.34. The van der Waals surface area contributed by atoms with Crippen molar-refractivity contribution in [3.63, 3.8) is 0 Å². The molecule has 0 saturated carbocycles. The zero-order chi connectivity index (χ0) is 65.5. The number of ether oxygens (including phenoxy) is 8. The molecule has 1 fully saturated rings. The quantitative estimate of drug-likeness (QED) is 0.0181. The standard InChI is InChI=1S/C62H88N6O19P2/c1-13-27-81-33-83-60(77)63-30-43(70)82-29-26-67(23-15-14-19-45(88-78)89-79)32-44(71)86-55-35(4)17-16-18-36(5)59(76)64-51-50-49(65-62(66-50)21-24-68(25-22-62)31-34(2)3)46-47(54(51)74)53(73)40(9)57-48(46)58(75)61(11,87-57)84-28-20-42(80-12)37(6)56(85-41(10)69)39(8)52(72)38(55)7/h16-18,20,28,34-35,37-39,42,45,52,55-56,65,72-74H,13-15,19,21-27,29-33H2,1-12H3,(H,63,77)/b17-16?,28-20?,36-18-,64-51?. The molecule has 2 aromatic rings. The Labute approximate surface area is 522 Å². The molecule has 7 rings (SSSR count). The molecule has 5 aliphatic heterocycles. The van der Waals surface area contributed by atoms with E-state index in [1.165, 1.54) is 53.2 Å². The van der Waals surface area contributed by atoms with Gasteiger partial charge >= 0.3 is 29.8 Å². The van der Waals surface area contributed by atoms with Crippen LogP contribution in [0.3, 0.4) is 0 Å². The number of aliphatic hydroxyl groups excluding tert-OH is 1. The number of hydrogen-bond acceptors (Lipinski definition) is 23. The number of Topliss-reactive ketones (excluding diaryl/α,β-unsaturated/α-hetero) is 1. The van der Waals surface area contributed by atoms with Crippen molar-refractivity contribution in [2.45, 2.75) is 156 Å². The number of methoxy groups -OCH3 is 1. The Morgan fingerprint density at radius 2 is 1.61 bits per heavy atom. The van der Waals surface area contributed by atoms with Crippen LogP contribution in [0.5, 0.6) is 17.2 Å². The van der Waals surface area contributed by atoms with E-state index in [-0.39, 0.29) is 99.6 Å². The fourth-order valence-corrected chi connectivity index (χ4v) is 12.4. The summed E-state index contributed by atoms with van der Waals surface area (Å²) in [5, 5.41) is 41.9. The van der Waals surface area contributed by atoms with E-state index >= 15 is 4.79 Å². The summed E-state index contributed by atoms with van der Waals surface area (Å²) in [7, 11) is 0.867. The molecule has 5 heterocycles. The number of esters is 3. The van der Waals surface area contributed by atoms with Crippen molar-refractivity contribution in [3.8, 4) is 17.2 Å². The number of piperidine rings is 1. The van der Waals surface area contributed by atoms with E-state index in [1.807, 2.05) is 6.92 Å². The minimum absolute atomic E-state index is 0.000174. The summed E-state index contributed by atoms with van der Waals surface area (Å²) < 4.78 is 69.2. The average molecular weight is 1280 g/mol. The van der Waals surface area contributed by atoms with Gasteiger partial charge in [-0.3, -0.25) is 43.0 Å². The average Bonchev–Trinajstić information content (AvgIpc) is 1.62. The van der Waals surface area contributed by atoms with E-state index in [0.717, 1.165) is 6.54 Å². The molecule has 5 N–H and O–H groups in total. The molecular weight excluding hydrogens is 1190 g/mol. The van der Waals surface area contributed by atoms with Crippen molar-refractivity contribution >= 4 is 69.1 Å². The lowest BCUT2D eigenvalue weighted by Gasteiger charge is -2.39. The number of amides is 2. The van der Waals surface area contributed by atoms with Crippen molar-refractivity contribution < 1.29 is 91.1 Å². The summed E-state index contributed by atoms with van der Waals surface area (Å²) in [6.45, 7) is 20.2. The second-order valence-corrected chi connectivity index (χ2v) is 26.0. The van der Waals surface area contributed by atoms with Crippen molar-refractivity contribution in [3.05, 3.63) is 58.0 Å². The van der Waals surface area contributed by atoms with Crippen molar-refractivity contribution in [2.75, 3.05) is 78.2 Å². The largest absolute Gasteiger partial charge is 0.507 e. The molecule has 89 heavy (non-hydrogen) atoms. The number of allylic oxidation sites excluding steroid dienone is 2. The first-order valence-electron chi connectivity index (χ1n) is 30.3. The highest BCUT2D eigenvalue weighted by atomic mass is 31.1. The molecule has 2 amide bonds. The number of carbonyl (C=O) groups is 6. The van der Waals surface area contributed by atoms with Crippen LogP contribution < -0.4 is 26.1 Å². The summed E-state index contributed by atoms with van der Waals surface area (Å²) in [5.74, 6) is -9.49. The number of nitrogens with zero attached hydrogens (tertiary/aromatic N) is 4. The Balaban J connectivity index is 1.40. The van der Waals surface area contributed by atoms with Crippen molar-refractivity contribution in [1.82, 2.24) is 15.1 Å². The number of anilines is 1. The number of phenols is 2. The van der Waals surface area contributed by atoms with Gasteiger partial charge in [0, 0.05) is 100 Å². The third-order valence-electron chi connectivity index (χ3n) is 16.6. The monoisotopic (exact) mass is 1280 g/mol. The van der Waals surface area contributed by atoms with Crippen molar-refractivity contribution in [2.24, 2.45) is 39.6 Å². The lowest BCUT2D eigenvalue weighted by Crippen LogP contribution is -2.48.